The van der Waals surface area contributed by atoms with Gasteiger partial charge in [0.25, 0.3) is 0 Å². The van der Waals surface area contributed by atoms with Crippen molar-refractivity contribution < 1.29 is 29.1 Å². The molecular weight excluding hydrogens is 312 g/mol. The van der Waals surface area contributed by atoms with Crippen molar-refractivity contribution in [2.75, 3.05) is 6.61 Å². The van der Waals surface area contributed by atoms with Gasteiger partial charge in [-0.05, 0) is 29.2 Å². The second-order valence-corrected chi connectivity index (χ2v) is 5.42. The van der Waals surface area contributed by atoms with Gasteiger partial charge < -0.3 is 4.74 Å². The maximum atomic E-state index is 11.8. The maximum absolute atomic E-state index is 11.8. The molecule has 24 heavy (non-hydrogen) atoms. The Labute approximate surface area is 139 Å². The third-order valence-corrected chi connectivity index (χ3v) is 2.97. The number of hydrogen-bond donors (Lipinski definition) is 0. The number of carbonyl (C=O) groups excluding carboxylic acids is 2. The summed E-state index contributed by atoms with van der Waals surface area (Å²) in [7, 11) is 0. The van der Waals surface area contributed by atoms with Crippen LogP contribution in [0.15, 0.2) is 54.6 Å². The Morgan fingerprint density at radius 2 is 1.50 bits per heavy atom. The summed E-state index contributed by atoms with van der Waals surface area (Å²) in [5.41, 5.74) is 2.25. The van der Waals surface area contributed by atoms with Gasteiger partial charge in [0.1, 0.15) is 0 Å². The molecule has 0 aromatic heterocycles. The molecule has 0 spiro atoms. The lowest BCUT2D eigenvalue weighted by Crippen LogP contribution is -2.14. The zero-order valence-electron chi connectivity index (χ0n) is 13.4. The molecule has 0 fully saturated rings. The molecule has 126 valence electrons. The summed E-state index contributed by atoms with van der Waals surface area (Å²) < 4.78 is 4.68. The SMILES string of the molecule is CC(C)COC(=O)OOOC(=O)c1ccc(-c2ccccc2)cc1. The van der Waals surface area contributed by atoms with E-state index in [2.05, 4.69) is 19.6 Å². The summed E-state index contributed by atoms with van der Waals surface area (Å²) >= 11 is 0. The molecule has 0 radical (unpaired) electrons. The summed E-state index contributed by atoms with van der Waals surface area (Å²) in [5.74, 6) is -0.630. The number of hydrogen-bond acceptors (Lipinski definition) is 6. The van der Waals surface area contributed by atoms with Crippen molar-refractivity contribution in [3.63, 3.8) is 0 Å². The van der Waals surface area contributed by atoms with E-state index >= 15 is 0 Å². The van der Waals surface area contributed by atoms with E-state index in [4.69, 9.17) is 0 Å². The fourth-order valence-electron chi connectivity index (χ4n) is 1.81. The van der Waals surface area contributed by atoms with E-state index in [0.29, 0.717) is 0 Å². The number of rotatable bonds is 6. The summed E-state index contributed by atoms with van der Waals surface area (Å²) in [6.45, 7) is 3.91. The summed E-state index contributed by atoms with van der Waals surface area (Å²) in [5, 5.41) is 4.13. The molecule has 0 aliphatic rings. The van der Waals surface area contributed by atoms with Gasteiger partial charge in [0.15, 0.2) is 0 Å². The summed E-state index contributed by atoms with van der Waals surface area (Å²) in [6.07, 6.45) is -1.07. The predicted molar refractivity (Wildman–Crippen MR) is 85.6 cm³/mol. The zero-order chi connectivity index (χ0) is 17.4. The van der Waals surface area contributed by atoms with Crippen molar-refractivity contribution in [2.24, 2.45) is 5.92 Å². The van der Waals surface area contributed by atoms with Gasteiger partial charge in [0, 0.05) is 0 Å². The Bertz CT molecular complexity index is 664. The van der Waals surface area contributed by atoms with Crippen LogP contribution in [0.25, 0.3) is 11.1 Å². The molecule has 6 heteroatoms. The standard InChI is InChI=1S/C18H18O6/c1-13(2)12-21-18(20)23-24-22-17(19)16-10-8-15(9-11-16)14-6-4-3-5-7-14/h3-11,13H,12H2,1-2H3. The lowest BCUT2D eigenvalue weighted by atomic mass is 10.0. The van der Waals surface area contributed by atoms with Crippen LogP contribution < -0.4 is 0 Å². The number of benzene rings is 2. The van der Waals surface area contributed by atoms with Gasteiger partial charge in [-0.15, -0.1) is 0 Å². The lowest BCUT2D eigenvalue weighted by Gasteiger charge is -2.06. The highest BCUT2D eigenvalue weighted by Gasteiger charge is 2.12. The molecule has 2 aromatic rings. The van der Waals surface area contributed by atoms with E-state index in [1.807, 2.05) is 44.2 Å². The zero-order valence-corrected chi connectivity index (χ0v) is 13.4. The highest BCUT2D eigenvalue weighted by Crippen LogP contribution is 2.19. The highest BCUT2D eigenvalue weighted by atomic mass is 17.5. The molecule has 2 rings (SSSR count). The Morgan fingerprint density at radius 1 is 0.875 bits per heavy atom. The topological polar surface area (TPSA) is 71.1 Å². The normalized spacial score (nSPS) is 10.3. The van der Waals surface area contributed by atoms with Crippen molar-refractivity contribution in [1.82, 2.24) is 0 Å². The van der Waals surface area contributed by atoms with Crippen molar-refractivity contribution in [3.8, 4) is 11.1 Å². The van der Waals surface area contributed by atoms with Crippen LogP contribution in [0.4, 0.5) is 4.79 Å². The van der Waals surface area contributed by atoms with Crippen LogP contribution in [0.3, 0.4) is 0 Å². The van der Waals surface area contributed by atoms with Crippen LogP contribution in [0.1, 0.15) is 24.2 Å². The van der Waals surface area contributed by atoms with E-state index < -0.39 is 12.1 Å². The van der Waals surface area contributed by atoms with Crippen LogP contribution >= 0.6 is 0 Å². The first-order valence-electron chi connectivity index (χ1n) is 7.44. The van der Waals surface area contributed by atoms with Gasteiger partial charge in [-0.25, -0.2) is 14.5 Å². The minimum Gasteiger partial charge on any atom is -0.432 e. The largest absolute Gasteiger partial charge is 0.543 e. The highest BCUT2D eigenvalue weighted by molar-refractivity contribution is 5.89. The molecule has 0 saturated heterocycles. The monoisotopic (exact) mass is 330 g/mol. The van der Waals surface area contributed by atoms with E-state index in [1.165, 1.54) is 0 Å². The summed E-state index contributed by atoms with van der Waals surface area (Å²) in [4.78, 5) is 31.4. The van der Waals surface area contributed by atoms with Crippen LogP contribution in [-0.2, 0) is 19.6 Å². The van der Waals surface area contributed by atoms with Crippen molar-refractivity contribution >= 4 is 12.1 Å². The van der Waals surface area contributed by atoms with Gasteiger partial charge in [-0.2, -0.15) is 0 Å². The second kappa shape index (κ2) is 8.69. The first kappa shape index (κ1) is 17.5. The molecule has 0 unspecified atom stereocenters. The summed E-state index contributed by atoms with van der Waals surface area (Å²) in [6, 6.07) is 16.5. The second-order valence-electron chi connectivity index (χ2n) is 5.42. The van der Waals surface area contributed by atoms with Gasteiger partial charge in [-0.1, -0.05) is 56.3 Å². The fraction of sp³-hybridized carbons (Fsp3) is 0.222. The molecule has 0 bridgehead atoms. The molecule has 0 aliphatic carbocycles. The fourth-order valence-corrected chi connectivity index (χ4v) is 1.81. The number of ether oxygens (including phenoxy) is 1. The molecule has 6 nitrogen and oxygen atoms in total. The van der Waals surface area contributed by atoms with Crippen molar-refractivity contribution in [1.29, 1.82) is 0 Å². The number of carbonyl (C=O) groups is 2. The van der Waals surface area contributed by atoms with E-state index in [9.17, 15) is 9.59 Å². The van der Waals surface area contributed by atoms with Gasteiger partial charge in [0.2, 0.25) is 0 Å². The van der Waals surface area contributed by atoms with Gasteiger partial charge >= 0.3 is 12.1 Å². The quantitative estimate of drug-likeness (QED) is 0.450. The third kappa shape index (κ3) is 5.40. The van der Waals surface area contributed by atoms with Crippen LogP contribution in [-0.4, -0.2) is 18.7 Å². The van der Waals surface area contributed by atoms with Crippen LogP contribution in [0.5, 0.6) is 0 Å². The Morgan fingerprint density at radius 3 is 2.12 bits per heavy atom. The Balaban J connectivity index is 1.82. The smallest absolute Gasteiger partial charge is 0.432 e. The van der Waals surface area contributed by atoms with E-state index in [-0.39, 0.29) is 18.1 Å². The van der Waals surface area contributed by atoms with Gasteiger partial charge in [0.05, 0.1) is 17.2 Å². The molecule has 2 aromatic carbocycles. The predicted octanol–water partition coefficient (Wildman–Crippen LogP) is 4.17. The van der Waals surface area contributed by atoms with E-state index in [0.717, 1.165) is 11.1 Å². The average Bonchev–Trinajstić information content (AvgIpc) is 2.61. The molecule has 0 heterocycles. The first-order chi connectivity index (χ1) is 11.6. The Hall–Kier alpha value is -2.86. The third-order valence-electron chi connectivity index (χ3n) is 2.97. The minimum absolute atomic E-state index is 0.156. The van der Waals surface area contributed by atoms with Crippen molar-refractivity contribution in [2.45, 2.75) is 13.8 Å². The molecule has 0 N–H and O–H groups in total. The first-order valence-corrected chi connectivity index (χ1v) is 7.44. The van der Waals surface area contributed by atoms with Crippen LogP contribution in [0, 0.1) is 5.92 Å². The molecule has 0 amide bonds. The van der Waals surface area contributed by atoms with Crippen LogP contribution in [0.2, 0.25) is 0 Å². The van der Waals surface area contributed by atoms with Crippen molar-refractivity contribution in [3.05, 3.63) is 60.2 Å². The molecular formula is C18H18O6. The van der Waals surface area contributed by atoms with Gasteiger partial charge in [-0.3, -0.25) is 4.89 Å². The molecule has 0 saturated carbocycles. The lowest BCUT2D eigenvalue weighted by molar-refractivity contribution is -0.452. The Kier molecular flexibility index (Phi) is 6.33. The minimum atomic E-state index is -1.07. The van der Waals surface area contributed by atoms with E-state index in [1.54, 1.807) is 24.3 Å². The molecule has 0 aliphatic heterocycles. The average molecular weight is 330 g/mol. The molecule has 0 atom stereocenters. The maximum Gasteiger partial charge on any atom is 0.543 e.